The Hall–Kier alpha value is -7.62. The zero-order valence-electron chi connectivity index (χ0n) is 33.3. The van der Waals surface area contributed by atoms with Crippen LogP contribution in [0.3, 0.4) is 0 Å². The zero-order valence-corrected chi connectivity index (χ0v) is 33.3. The molecular formula is C57H39NO2. The molecule has 0 saturated heterocycles. The fourth-order valence-electron chi connectivity index (χ4n) is 9.73. The van der Waals surface area contributed by atoms with Gasteiger partial charge >= 0.3 is 0 Å². The molecule has 0 saturated carbocycles. The Kier molecular flexibility index (Phi) is 7.58. The monoisotopic (exact) mass is 769 g/mol. The van der Waals surface area contributed by atoms with E-state index in [0.29, 0.717) is 0 Å². The predicted molar refractivity (Wildman–Crippen MR) is 250 cm³/mol. The minimum Gasteiger partial charge on any atom is -0.456 e. The van der Waals surface area contributed by atoms with E-state index in [0.717, 1.165) is 83.2 Å². The van der Waals surface area contributed by atoms with E-state index in [4.69, 9.17) is 8.83 Å². The van der Waals surface area contributed by atoms with Crippen molar-refractivity contribution in [3.05, 3.63) is 211 Å². The van der Waals surface area contributed by atoms with Crippen LogP contribution in [0.2, 0.25) is 0 Å². The van der Waals surface area contributed by atoms with Gasteiger partial charge in [-0.3, -0.25) is 0 Å². The number of benzene rings is 9. The number of furan rings is 2. The standard InChI is InChI=1S/C57H39NO2/c1-57(2)48-19-11-9-17-44(48)45-30-25-40(35-49(45)57)43-31-32-47-54-52(34-33-51-53(54)46-18-10-12-20-50(46)59-51)60-56(47)55(43)58(41-26-21-38(22-27-41)36-13-5-3-6-14-36)42-28-23-39(24-29-42)37-15-7-4-8-16-37/h3-35H,1-2H3. The SMILES string of the molecule is CC1(C)c2ccccc2-c2ccc(-c3ccc4c(oc5ccc6oc7ccccc7c6c54)c3N(c3ccc(-c4ccccc4)cc3)c3ccc(-c4ccccc4)cc3)cc21. The van der Waals surface area contributed by atoms with E-state index in [1.165, 1.54) is 33.4 Å². The molecule has 1 aliphatic carbocycles. The molecule has 0 aliphatic heterocycles. The van der Waals surface area contributed by atoms with E-state index in [1.807, 2.05) is 18.2 Å². The Balaban J connectivity index is 1.15. The number of para-hydroxylation sites is 1. The van der Waals surface area contributed by atoms with Gasteiger partial charge in [-0.25, -0.2) is 0 Å². The molecule has 60 heavy (non-hydrogen) atoms. The molecular weight excluding hydrogens is 731 g/mol. The maximum atomic E-state index is 7.18. The fraction of sp³-hybridized carbons (Fsp3) is 0.0526. The van der Waals surface area contributed by atoms with Crippen LogP contribution in [0.1, 0.15) is 25.0 Å². The van der Waals surface area contributed by atoms with Crippen molar-refractivity contribution < 1.29 is 8.83 Å². The molecule has 3 heteroatoms. The summed E-state index contributed by atoms with van der Waals surface area (Å²) in [6.07, 6.45) is 0. The number of hydrogen-bond acceptors (Lipinski definition) is 3. The van der Waals surface area contributed by atoms with Crippen LogP contribution in [-0.2, 0) is 5.41 Å². The van der Waals surface area contributed by atoms with Crippen LogP contribution >= 0.6 is 0 Å². The van der Waals surface area contributed by atoms with Gasteiger partial charge in [0.1, 0.15) is 16.7 Å². The number of hydrogen-bond donors (Lipinski definition) is 0. The average Bonchev–Trinajstić information content (AvgIpc) is 3.95. The van der Waals surface area contributed by atoms with Crippen molar-refractivity contribution in [2.24, 2.45) is 0 Å². The van der Waals surface area contributed by atoms with Crippen LogP contribution in [0.5, 0.6) is 0 Å². The molecule has 2 aromatic heterocycles. The molecule has 0 amide bonds. The molecule has 0 fully saturated rings. The third-order valence-electron chi connectivity index (χ3n) is 12.7. The van der Waals surface area contributed by atoms with Crippen LogP contribution in [-0.4, -0.2) is 0 Å². The summed E-state index contributed by atoms with van der Waals surface area (Å²) in [5.41, 5.74) is 18.5. The minimum absolute atomic E-state index is 0.153. The summed E-state index contributed by atoms with van der Waals surface area (Å²) in [7, 11) is 0. The summed E-state index contributed by atoms with van der Waals surface area (Å²) in [5.74, 6) is 0. The van der Waals surface area contributed by atoms with Crippen molar-refractivity contribution in [1.29, 1.82) is 0 Å². The highest BCUT2D eigenvalue weighted by Gasteiger charge is 2.36. The van der Waals surface area contributed by atoms with Crippen molar-refractivity contribution in [1.82, 2.24) is 0 Å². The molecule has 12 rings (SSSR count). The van der Waals surface area contributed by atoms with Gasteiger partial charge in [0.25, 0.3) is 0 Å². The maximum absolute atomic E-state index is 7.18. The first kappa shape index (κ1) is 34.4. The van der Waals surface area contributed by atoms with Crippen molar-refractivity contribution in [2.45, 2.75) is 19.3 Å². The topological polar surface area (TPSA) is 29.5 Å². The molecule has 0 spiro atoms. The number of rotatable bonds is 6. The van der Waals surface area contributed by atoms with Gasteiger partial charge in [-0.05, 0) is 105 Å². The lowest BCUT2D eigenvalue weighted by atomic mass is 9.81. The van der Waals surface area contributed by atoms with Crippen LogP contribution in [0.25, 0.3) is 88.4 Å². The Morgan fingerprint density at radius 1 is 0.367 bits per heavy atom. The van der Waals surface area contributed by atoms with Crippen LogP contribution in [0.4, 0.5) is 17.1 Å². The summed E-state index contributed by atoms with van der Waals surface area (Å²) in [6.45, 7) is 4.69. The molecule has 0 unspecified atom stereocenters. The minimum atomic E-state index is -0.153. The second-order valence-corrected chi connectivity index (χ2v) is 16.4. The third kappa shape index (κ3) is 5.22. The predicted octanol–water partition coefficient (Wildman–Crippen LogP) is 16.3. The largest absolute Gasteiger partial charge is 0.456 e. The zero-order chi connectivity index (χ0) is 40.0. The highest BCUT2D eigenvalue weighted by atomic mass is 16.3. The molecule has 2 heterocycles. The van der Waals surface area contributed by atoms with Crippen LogP contribution in [0, 0.1) is 0 Å². The van der Waals surface area contributed by atoms with E-state index < -0.39 is 0 Å². The van der Waals surface area contributed by atoms with E-state index in [9.17, 15) is 0 Å². The van der Waals surface area contributed by atoms with Gasteiger partial charge in [0.2, 0.25) is 0 Å². The quantitative estimate of drug-likeness (QED) is 0.169. The lowest BCUT2D eigenvalue weighted by Gasteiger charge is -2.29. The van der Waals surface area contributed by atoms with Gasteiger partial charge in [-0.2, -0.15) is 0 Å². The number of fused-ring (bicyclic) bond motifs is 10. The molecule has 11 aromatic rings. The highest BCUT2D eigenvalue weighted by Crippen LogP contribution is 2.53. The first-order valence-corrected chi connectivity index (χ1v) is 20.7. The van der Waals surface area contributed by atoms with Gasteiger partial charge in [-0.15, -0.1) is 0 Å². The smallest absolute Gasteiger partial charge is 0.160 e. The van der Waals surface area contributed by atoms with Crippen LogP contribution in [0.15, 0.2) is 209 Å². The van der Waals surface area contributed by atoms with Gasteiger partial charge in [0.15, 0.2) is 5.58 Å². The molecule has 0 N–H and O–H groups in total. The van der Waals surface area contributed by atoms with E-state index in [2.05, 4.69) is 201 Å². The maximum Gasteiger partial charge on any atom is 0.160 e. The summed E-state index contributed by atoms with van der Waals surface area (Å²) < 4.78 is 13.6. The van der Waals surface area contributed by atoms with Crippen molar-refractivity contribution in [3.63, 3.8) is 0 Å². The number of anilines is 3. The van der Waals surface area contributed by atoms with E-state index in [1.54, 1.807) is 0 Å². The second-order valence-electron chi connectivity index (χ2n) is 16.4. The molecule has 1 aliphatic rings. The lowest BCUT2D eigenvalue weighted by Crippen LogP contribution is -2.15. The van der Waals surface area contributed by atoms with E-state index in [-0.39, 0.29) is 5.41 Å². The van der Waals surface area contributed by atoms with Gasteiger partial charge in [-0.1, -0.05) is 159 Å². The second kappa shape index (κ2) is 13.2. The Bertz CT molecular complexity index is 3340. The first-order chi connectivity index (χ1) is 29.5. The van der Waals surface area contributed by atoms with Crippen LogP contribution < -0.4 is 4.90 Å². The summed E-state index contributed by atoms with van der Waals surface area (Å²) in [5, 5.41) is 4.26. The van der Waals surface area contributed by atoms with Crippen molar-refractivity contribution in [2.75, 3.05) is 4.90 Å². The average molecular weight is 770 g/mol. The molecule has 3 nitrogen and oxygen atoms in total. The summed E-state index contributed by atoms with van der Waals surface area (Å²) >= 11 is 0. The van der Waals surface area contributed by atoms with Gasteiger partial charge in [0, 0.05) is 43.9 Å². The fourth-order valence-corrected chi connectivity index (χ4v) is 9.73. The highest BCUT2D eigenvalue weighted by molar-refractivity contribution is 6.27. The lowest BCUT2D eigenvalue weighted by molar-refractivity contribution is 0.660. The molecule has 0 atom stereocenters. The third-order valence-corrected chi connectivity index (χ3v) is 12.7. The number of nitrogens with zero attached hydrogens (tertiary/aromatic N) is 1. The summed E-state index contributed by atoms with van der Waals surface area (Å²) in [6, 6.07) is 71.8. The molecule has 9 aromatic carbocycles. The molecule has 0 bridgehead atoms. The Morgan fingerprint density at radius 2 is 0.883 bits per heavy atom. The van der Waals surface area contributed by atoms with Gasteiger partial charge in [0.05, 0.1) is 5.69 Å². The van der Waals surface area contributed by atoms with E-state index >= 15 is 0 Å². The molecule has 284 valence electrons. The summed E-state index contributed by atoms with van der Waals surface area (Å²) in [4.78, 5) is 2.39. The Labute approximate surface area is 348 Å². The van der Waals surface area contributed by atoms with Crippen molar-refractivity contribution >= 4 is 60.9 Å². The van der Waals surface area contributed by atoms with Gasteiger partial charge < -0.3 is 13.7 Å². The van der Waals surface area contributed by atoms with Crippen molar-refractivity contribution in [3.8, 4) is 44.5 Å². The molecule has 0 radical (unpaired) electrons. The normalized spacial score (nSPS) is 13.0. The first-order valence-electron chi connectivity index (χ1n) is 20.7. The Morgan fingerprint density at radius 3 is 1.57 bits per heavy atom.